The molecule has 1 aliphatic heterocycles. The molecule has 19 heavy (non-hydrogen) atoms. The Morgan fingerprint density at radius 2 is 2.05 bits per heavy atom. The smallest absolute Gasteiger partial charge is 0.165 e. The molecule has 0 aliphatic carbocycles. The molecule has 0 saturated carbocycles. The van der Waals surface area contributed by atoms with Crippen molar-refractivity contribution >= 4 is 12.4 Å². The topological polar surface area (TPSA) is 24.5 Å². The van der Waals surface area contributed by atoms with E-state index in [0.717, 1.165) is 38.0 Å². The van der Waals surface area contributed by atoms with Crippen LogP contribution < -0.4 is 10.1 Å². The minimum Gasteiger partial charge on any atom is -0.494 e. The standard InChI is InChI=1S/C14H21FN2O.ClH/c1-17(12-5-7-16-8-6-12)10-11-3-4-14(18-2)13(15)9-11;/h3-4,9,12,16H,5-8,10H2,1-2H3;1H. The second-order valence-corrected chi connectivity index (χ2v) is 4.87. The molecule has 1 heterocycles. The SMILES string of the molecule is COc1ccc(CN(C)C2CCNCC2)cc1F.Cl. The molecule has 0 bridgehead atoms. The van der Waals surface area contributed by atoms with Gasteiger partial charge in [0.2, 0.25) is 0 Å². The van der Waals surface area contributed by atoms with E-state index in [0.29, 0.717) is 11.8 Å². The first-order valence-electron chi connectivity index (χ1n) is 6.44. The Balaban J connectivity index is 0.00000180. The van der Waals surface area contributed by atoms with Gasteiger partial charge in [-0.1, -0.05) is 6.07 Å². The summed E-state index contributed by atoms with van der Waals surface area (Å²) in [4.78, 5) is 2.31. The Bertz CT molecular complexity index is 397. The van der Waals surface area contributed by atoms with Crippen molar-refractivity contribution in [2.45, 2.75) is 25.4 Å². The molecular formula is C14H22ClFN2O. The van der Waals surface area contributed by atoms with Gasteiger partial charge in [-0.25, -0.2) is 4.39 Å². The number of hydrogen-bond acceptors (Lipinski definition) is 3. The summed E-state index contributed by atoms with van der Waals surface area (Å²) < 4.78 is 18.5. The summed E-state index contributed by atoms with van der Waals surface area (Å²) in [5.74, 6) is 0.0250. The normalized spacial score (nSPS) is 16.2. The van der Waals surface area contributed by atoms with Crippen LogP contribution in [0, 0.1) is 5.82 Å². The van der Waals surface area contributed by atoms with Crippen LogP contribution in [0.1, 0.15) is 18.4 Å². The molecule has 0 amide bonds. The molecule has 0 radical (unpaired) electrons. The molecule has 5 heteroatoms. The van der Waals surface area contributed by atoms with Crippen LogP contribution in [0.25, 0.3) is 0 Å². The molecular weight excluding hydrogens is 267 g/mol. The summed E-state index contributed by atoms with van der Waals surface area (Å²) in [6, 6.07) is 5.79. The molecule has 1 N–H and O–H groups in total. The quantitative estimate of drug-likeness (QED) is 0.921. The van der Waals surface area contributed by atoms with Gasteiger partial charge in [-0.2, -0.15) is 0 Å². The number of ether oxygens (including phenoxy) is 1. The van der Waals surface area contributed by atoms with Gasteiger partial charge in [0.05, 0.1) is 7.11 Å². The predicted molar refractivity (Wildman–Crippen MR) is 77.6 cm³/mol. The maximum absolute atomic E-state index is 13.6. The average Bonchev–Trinajstić information content (AvgIpc) is 2.40. The summed E-state index contributed by atoms with van der Waals surface area (Å²) in [5.41, 5.74) is 0.995. The molecule has 2 rings (SSSR count). The fourth-order valence-electron chi connectivity index (χ4n) is 2.47. The van der Waals surface area contributed by atoms with Crippen molar-refractivity contribution < 1.29 is 9.13 Å². The third kappa shape index (κ3) is 4.34. The van der Waals surface area contributed by atoms with E-state index in [9.17, 15) is 4.39 Å². The van der Waals surface area contributed by atoms with Crippen molar-refractivity contribution in [3.05, 3.63) is 29.6 Å². The molecule has 0 aromatic heterocycles. The number of piperidine rings is 1. The van der Waals surface area contributed by atoms with Crippen LogP contribution in [0.5, 0.6) is 5.75 Å². The van der Waals surface area contributed by atoms with Crippen LogP contribution in [0.3, 0.4) is 0 Å². The molecule has 1 aromatic carbocycles. The van der Waals surface area contributed by atoms with Gasteiger partial charge in [-0.05, 0) is 50.7 Å². The second-order valence-electron chi connectivity index (χ2n) is 4.87. The lowest BCUT2D eigenvalue weighted by Gasteiger charge is -2.31. The first-order chi connectivity index (χ1) is 8.70. The highest BCUT2D eigenvalue weighted by molar-refractivity contribution is 5.85. The van der Waals surface area contributed by atoms with E-state index in [1.165, 1.54) is 7.11 Å². The Hall–Kier alpha value is -0.840. The average molecular weight is 289 g/mol. The van der Waals surface area contributed by atoms with Crippen LogP contribution in [0.15, 0.2) is 18.2 Å². The van der Waals surface area contributed by atoms with Gasteiger partial charge in [0.1, 0.15) is 0 Å². The van der Waals surface area contributed by atoms with Gasteiger partial charge in [-0.15, -0.1) is 12.4 Å². The van der Waals surface area contributed by atoms with Crippen LogP contribution >= 0.6 is 12.4 Å². The molecule has 0 atom stereocenters. The Morgan fingerprint density at radius 1 is 1.37 bits per heavy atom. The van der Waals surface area contributed by atoms with Gasteiger partial charge in [0.15, 0.2) is 11.6 Å². The van der Waals surface area contributed by atoms with Gasteiger partial charge in [-0.3, -0.25) is 4.90 Å². The maximum Gasteiger partial charge on any atom is 0.165 e. The lowest BCUT2D eigenvalue weighted by molar-refractivity contribution is 0.191. The predicted octanol–water partition coefficient (Wildman–Crippen LogP) is 2.44. The maximum atomic E-state index is 13.6. The van der Waals surface area contributed by atoms with Crippen LogP contribution in [-0.2, 0) is 6.54 Å². The molecule has 1 aliphatic rings. The zero-order chi connectivity index (χ0) is 13.0. The molecule has 108 valence electrons. The highest BCUT2D eigenvalue weighted by atomic mass is 35.5. The Labute approximate surface area is 120 Å². The molecule has 0 unspecified atom stereocenters. The Morgan fingerprint density at radius 3 is 2.63 bits per heavy atom. The first-order valence-corrected chi connectivity index (χ1v) is 6.44. The number of nitrogens with one attached hydrogen (secondary N) is 1. The summed E-state index contributed by atoms with van der Waals surface area (Å²) in [6.07, 6.45) is 2.32. The Kier molecular flexibility index (Phi) is 6.55. The van der Waals surface area contributed by atoms with Crippen LogP contribution in [0.4, 0.5) is 4.39 Å². The lowest BCUT2D eigenvalue weighted by Crippen LogP contribution is -2.40. The summed E-state index contributed by atoms with van der Waals surface area (Å²) in [5, 5.41) is 3.35. The summed E-state index contributed by atoms with van der Waals surface area (Å²) in [7, 11) is 3.59. The highest BCUT2D eigenvalue weighted by Gasteiger charge is 2.18. The van der Waals surface area contributed by atoms with Gasteiger partial charge >= 0.3 is 0 Å². The van der Waals surface area contributed by atoms with E-state index in [1.54, 1.807) is 12.1 Å². The number of halogens is 2. The molecule has 1 fully saturated rings. The third-order valence-corrected chi connectivity index (χ3v) is 3.58. The number of benzene rings is 1. The largest absolute Gasteiger partial charge is 0.494 e. The summed E-state index contributed by atoms with van der Waals surface area (Å²) in [6.45, 7) is 2.93. The fraction of sp³-hybridized carbons (Fsp3) is 0.571. The molecule has 3 nitrogen and oxygen atoms in total. The molecule has 1 saturated heterocycles. The van der Waals surface area contributed by atoms with E-state index < -0.39 is 0 Å². The zero-order valence-electron chi connectivity index (χ0n) is 11.5. The zero-order valence-corrected chi connectivity index (χ0v) is 12.3. The molecule has 1 aromatic rings. The number of methoxy groups -OCH3 is 1. The first kappa shape index (κ1) is 16.2. The minimum absolute atomic E-state index is 0. The van der Waals surface area contributed by atoms with Crippen LogP contribution in [0.2, 0.25) is 0 Å². The summed E-state index contributed by atoms with van der Waals surface area (Å²) >= 11 is 0. The highest BCUT2D eigenvalue weighted by Crippen LogP contribution is 2.20. The molecule has 0 spiro atoms. The van der Waals surface area contributed by atoms with E-state index in [2.05, 4.69) is 17.3 Å². The lowest BCUT2D eigenvalue weighted by atomic mass is 10.0. The van der Waals surface area contributed by atoms with Gasteiger partial charge < -0.3 is 10.1 Å². The van der Waals surface area contributed by atoms with Crippen molar-refractivity contribution in [3.8, 4) is 5.75 Å². The van der Waals surface area contributed by atoms with Crippen molar-refractivity contribution in [2.24, 2.45) is 0 Å². The van der Waals surface area contributed by atoms with Gasteiger partial charge in [0.25, 0.3) is 0 Å². The number of nitrogens with zero attached hydrogens (tertiary/aromatic N) is 1. The third-order valence-electron chi connectivity index (χ3n) is 3.58. The van der Waals surface area contributed by atoms with Crippen molar-refractivity contribution in [3.63, 3.8) is 0 Å². The van der Waals surface area contributed by atoms with Crippen LogP contribution in [-0.4, -0.2) is 38.2 Å². The van der Waals surface area contributed by atoms with E-state index in [4.69, 9.17) is 4.74 Å². The van der Waals surface area contributed by atoms with E-state index >= 15 is 0 Å². The van der Waals surface area contributed by atoms with E-state index in [-0.39, 0.29) is 18.2 Å². The monoisotopic (exact) mass is 288 g/mol. The minimum atomic E-state index is -0.284. The van der Waals surface area contributed by atoms with Crippen molar-refractivity contribution in [1.82, 2.24) is 10.2 Å². The fourth-order valence-corrected chi connectivity index (χ4v) is 2.47. The second kappa shape index (κ2) is 7.68. The number of hydrogen-bond donors (Lipinski definition) is 1. The van der Waals surface area contributed by atoms with Crippen molar-refractivity contribution in [2.75, 3.05) is 27.2 Å². The van der Waals surface area contributed by atoms with Gasteiger partial charge in [0, 0.05) is 12.6 Å². The number of rotatable bonds is 4. The van der Waals surface area contributed by atoms with E-state index in [1.807, 2.05) is 6.07 Å². The van der Waals surface area contributed by atoms with Crippen molar-refractivity contribution in [1.29, 1.82) is 0 Å².